The molecule has 1 atom stereocenters. The van der Waals surface area contributed by atoms with E-state index in [1.165, 1.54) is 5.56 Å². The van der Waals surface area contributed by atoms with E-state index in [9.17, 15) is 0 Å². The molecule has 3 nitrogen and oxygen atoms in total. The Labute approximate surface area is 85.0 Å². The second-order valence-electron chi connectivity index (χ2n) is 3.28. The van der Waals surface area contributed by atoms with Gasteiger partial charge in [-0.2, -0.15) is 0 Å². The van der Waals surface area contributed by atoms with Crippen molar-refractivity contribution < 1.29 is 4.74 Å². The summed E-state index contributed by atoms with van der Waals surface area (Å²) in [6, 6.07) is 8.00. The molecule has 0 saturated carbocycles. The normalized spacial score (nSPS) is 12.5. The van der Waals surface area contributed by atoms with Crippen molar-refractivity contribution in [1.29, 1.82) is 0 Å². The van der Waals surface area contributed by atoms with Gasteiger partial charge >= 0.3 is 0 Å². The molecule has 1 unspecified atom stereocenters. The van der Waals surface area contributed by atoms with Crippen LogP contribution in [0.4, 0.5) is 0 Å². The first-order valence-electron chi connectivity index (χ1n) is 4.86. The number of benzene rings is 1. The van der Waals surface area contributed by atoms with Crippen LogP contribution in [0.25, 0.3) is 0 Å². The lowest BCUT2D eigenvalue weighted by molar-refractivity contribution is 0.414. The largest absolute Gasteiger partial charge is 0.497 e. The van der Waals surface area contributed by atoms with Gasteiger partial charge in [-0.15, -0.1) is 0 Å². The minimum atomic E-state index is 0.367. The second kappa shape index (κ2) is 5.62. The molecule has 0 heterocycles. The maximum Gasteiger partial charge on any atom is 0.118 e. The summed E-state index contributed by atoms with van der Waals surface area (Å²) in [6.07, 6.45) is 0.933. The highest BCUT2D eigenvalue weighted by molar-refractivity contribution is 5.29. The van der Waals surface area contributed by atoms with Crippen molar-refractivity contribution in [3.05, 3.63) is 29.8 Å². The summed E-state index contributed by atoms with van der Waals surface area (Å²) in [7, 11) is 1.66. The topological polar surface area (TPSA) is 61.3 Å². The van der Waals surface area contributed by atoms with E-state index < -0.39 is 0 Å². The first kappa shape index (κ1) is 11.0. The van der Waals surface area contributed by atoms with Gasteiger partial charge in [-0.1, -0.05) is 12.1 Å². The lowest BCUT2D eigenvalue weighted by atomic mass is 9.96. The maximum atomic E-state index is 5.67. The van der Waals surface area contributed by atoms with Crippen LogP contribution in [0.2, 0.25) is 0 Å². The molecule has 0 aliphatic rings. The molecule has 4 N–H and O–H groups in total. The molecule has 1 aromatic rings. The molecular weight excluding hydrogens is 176 g/mol. The molecule has 3 heteroatoms. The van der Waals surface area contributed by atoms with Crippen molar-refractivity contribution >= 4 is 0 Å². The molecule has 14 heavy (non-hydrogen) atoms. The number of methoxy groups -OCH3 is 1. The van der Waals surface area contributed by atoms with Gasteiger partial charge in [0.2, 0.25) is 0 Å². The maximum absolute atomic E-state index is 5.67. The van der Waals surface area contributed by atoms with Gasteiger partial charge in [-0.3, -0.25) is 0 Å². The van der Waals surface area contributed by atoms with E-state index in [4.69, 9.17) is 16.2 Å². The minimum Gasteiger partial charge on any atom is -0.497 e. The summed E-state index contributed by atoms with van der Waals surface area (Å²) in [5, 5.41) is 0. The van der Waals surface area contributed by atoms with Crippen LogP contribution in [-0.2, 0) is 0 Å². The lowest BCUT2D eigenvalue weighted by Gasteiger charge is -2.14. The predicted octanol–water partition coefficient (Wildman–Crippen LogP) is 1.09. The molecule has 0 saturated heterocycles. The van der Waals surface area contributed by atoms with E-state index >= 15 is 0 Å². The minimum absolute atomic E-state index is 0.367. The van der Waals surface area contributed by atoms with E-state index in [1.807, 2.05) is 24.3 Å². The van der Waals surface area contributed by atoms with E-state index in [0.29, 0.717) is 19.0 Å². The molecular formula is C11H18N2O. The fourth-order valence-corrected chi connectivity index (χ4v) is 1.50. The van der Waals surface area contributed by atoms with Crippen LogP contribution in [0, 0.1) is 0 Å². The molecule has 78 valence electrons. The van der Waals surface area contributed by atoms with Crippen molar-refractivity contribution in [2.75, 3.05) is 20.2 Å². The number of hydrogen-bond donors (Lipinski definition) is 2. The first-order chi connectivity index (χ1) is 6.81. The standard InChI is InChI=1S/C11H18N2O/c1-14-11-4-2-9(3-5-11)10(8-13)6-7-12/h2-5,10H,6-8,12-13H2,1H3. The van der Waals surface area contributed by atoms with Crippen LogP contribution in [0.5, 0.6) is 5.75 Å². The van der Waals surface area contributed by atoms with Gasteiger partial charge in [0.05, 0.1) is 7.11 Å². The fraction of sp³-hybridized carbons (Fsp3) is 0.455. The Morgan fingerprint density at radius 3 is 2.29 bits per heavy atom. The highest BCUT2D eigenvalue weighted by Crippen LogP contribution is 2.20. The second-order valence-corrected chi connectivity index (χ2v) is 3.28. The molecule has 0 spiro atoms. The zero-order valence-electron chi connectivity index (χ0n) is 8.57. The molecule has 0 aliphatic heterocycles. The molecule has 1 rings (SSSR count). The summed E-state index contributed by atoms with van der Waals surface area (Å²) in [6.45, 7) is 1.32. The van der Waals surface area contributed by atoms with Crippen LogP contribution in [-0.4, -0.2) is 20.2 Å². The molecule has 1 aromatic carbocycles. The SMILES string of the molecule is COc1ccc(C(CN)CCN)cc1. The Balaban J connectivity index is 2.73. The van der Waals surface area contributed by atoms with Crippen molar-refractivity contribution in [3.63, 3.8) is 0 Å². The van der Waals surface area contributed by atoms with Gasteiger partial charge in [0, 0.05) is 0 Å². The van der Waals surface area contributed by atoms with E-state index in [1.54, 1.807) is 7.11 Å². The quantitative estimate of drug-likeness (QED) is 0.737. The third-order valence-electron chi connectivity index (χ3n) is 2.39. The van der Waals surface area contributed by atoms with E-state index in [2.05, 4.69) is 0 Å². The summed E-state index contributed by atoms with van der Waals surface area (Å²) < 4.78 is 5.09. The van der Waals surface area contributed by atoms with Crippen molar-refractivity contribution in [3.8, 4) is 5.75 Å². The van der Waals surface area contributed by atoms with Gasteiger partial charge in [-0.25, -0.2) is 0 Å². The van der Waals surface area contributed by atoms with E-state index in [0.717, 1.165) is 12.2 Å². The molecule has 0 bridgehead atoms. The van der Waals surface area contributed by atoms with Gasteiger partial charge < -0.3 is 16.2 Å². The Bertz CT molecular complexity index is 258. The zero-order chi connectivity index (χ0) is 10.4. The van der Waals surface area contributed by atoms with E-state index in [-0.39, 0.29) is 0 Å². The average Bonchev–Trinajstić information content (AvgIpc) is 2.26. The fourth-order valence-electron chi connectivity index (χ4n) is 1.50. The average molecular weight is 194 g/mol. The smallest absolute Gasteiger partial charge is 0.118 e. The number of ether oxygens (including phenoxy) is 1. The highest BCUT2D eigenvalue weighted by atomic mass is 16.5. The molecule has 0 amide bonds. The van der Waals surface area contributed by atoms with Crippen LogP contribution in [0.3, 0.4) is 0 Å². The Kier molecular flexibility index (Phi) is 4.43. The third-order valence-corrected chi connectivity index (χ3v) is 2.39. The highest BCUT2D eigenvalue weighted by Gasteiger charge is 2.07. The van der Waals surface area contributed by atoms with Crippen LogP contribution in [0.1, 0.15) is 17.9 Å². The third kappa shape index (κ3) is 2.72. The monoisotopic (exact) mass is 194 g/mol. The number of rotatable bonds is 5. The van der Waals surface area contributed by atoms with Gasteiger partial charge in [0.15, 0.2) is 0 Å². The molecule has 0 aromatic heterocycles. The van der Waals surface area contributed by atoms with Gasteiger partial charge in [0.1, 0.15) is 5.75 Å². The summed E-state index contributed by atoms with van der Waals surface area (Å²) in [5.74, 6) is 1.24. The van der Waals surface area contributed by atoms with Gasteiger partial charge in [0.25, 0.3) is 0 Å². The van der Waals surface area contributed by atoms with Crippen LogP contribution >= 0.6 is 0 Å². The number of hydrogen-bond acceptors (Lipinski definition) is 3. The van der Waals surface area contributed by atoms with Crippen LogP contribution in [0.15, 0.2) is 24.3 Å². The van der Waals surface area contributed by atoms with Crippen molar-refractivity contribution in [1.82, 2.24) is 0 Å². The van der Waals surface area contributed by atoms with Crippen molar-refractivity contribution in [2.45, 2.75) is 12.3 Å². The summed E-state index contributed by atoms with van der Waals surface area (Å²) >= 11 is 0. The molecule has 0 fully saturated rings. The zero-order valence-corrected chi connectivity index (χ0v) is 8.57. The summed E-state index contributed by atoms with van der Waals surface area (Å²) in [4.78, 5) is 0. The summed E-state index contributed by atoms with van der Waals surface area (Å²) in [5.41, 5.74) is 12.4. The number of nitrogens with two attached hydrogens (primary N) is 2. The molecule has 0 aliphatic carbocycles. The predicted molar refractivity (Wildman–Crippen MR) is 58.5 cm³/mol. The first-order valence-corrected chi connectivity index (χ1v) is 4.86. The van der Waals surface area contributed by atoms with Crippen molar-refractivity contribution in [2.24, 2.45) is 11.5 Å². The molecule has 0 radical (unpaired) electrons. The Hall–Kier alpha value is -1.06. The lowest BCUT2D eigenvalue weighted by Crippen LogP contribution is -2.16. The van der Waals surface area contributed by atoms with Gasteiger partial charge in [-0.05, 0) is 43.1 Å². The Morgan fingerprint density at radius 2 is 1.86 bits per heavy atom. The Morgan fingerprint density at radius 1 is 1.21 bits per heavy atom. The van der Waals surface area contributed by atoms with Crippen LogP contribution < -0.4 is 16.2 Å².